The molecular weight excluding hydrogens is 264 g/mol. The minimum absolute atomic E-state index is 0.197. The summed E-state index contributed by atoms with van der Waals surface area (Å²) in [6.07, 6.45) is -0.403. The molecule has 0 spiro atoms. The summed E-state index contributed by atoms with van der Waals surface area (Å²) in [4.78, 5) is 2.43. The van der Waals surface area contributed by atoms with Crippen molar-refractivity contribution in [3.63, 3.8) is 0 Å². The van der Waals surface area contributed by atoms with E-state index in [1.807, 2.05) is 12.1 Å². The standard InChI is InChI=1S/C18H22OS/c1-13(19)14-5-9-16(10-6-14)20-17-11-7-15(8-12-17)18(2,3)4/h5-13,19H,1-4H3/t13-/m1/s1. The molecule has 0 radical (unpaired) electrons. The van der Waals surface area contributed by atoms with E-state index in [9.17, 15) is 5.11 Å². The summed E-state index contributed by atoms with van der Waals surface area (Å²) in [5.74, 6) is 0. The normalized spacial score (nSPS) is 13.2. The first-order valence-corrected chi connectivity index (χ1v) is 7.74. The molecule has 20 heavy (non-hydrogen) atoms. The quantitative estimate of drug-likeness (QED) is 0.838. The SMILES string of the molecule is C[C@@H](O)c1ccc(Sc2ccc(C(C)(C)C)cc2)cc1. The molecule has 0 saturated heterocycles. The zero-order valence-electron chi connectivity index (χ0n) is 12.6. The lowest BCUT2D eigenvalue weighted by molar-refractivity contribution is 0.199. The van der Waals surface area contributed by atoms with Gasteiger partial charge in [-0.15, -0.1) is 0 Å². The van der Waals surface area contributed by atoms with Gasteiger partial charge in [-0.1, -0.05) is 56.8 Å². The van der Waals surface area contributed by atoms with Crippen molar-refractivity contribution in [2.75, 3.05) is 0 Å². The highest BCUT2D eigenvalue weighted by atomic mass is 32.2. The molecule has 2 aromatic carbocycles. The molecule has 0 aliphatic carbocycles. The molecule has 0 aliphatic heterocycles. The first-order valence-electron chi connectivity index (χ1n) is 6.93. The second kappa shape index (κ2) is 6.02. The molecule has 0 unspecified atom stereocenters. The Hall–Kier alpha value is -1.25. The maximum Gasteiger partial charge on any atom is 0.0761 e. The Morgan fingerprint density at radius 2 is 1.30 bits per heavy atom. The van der Waals surface area contributed by atoms with Crippen molar-refractivity contribution in [3.05, 3.63) is 59.7 Å². The third-order valence-electron chi connectivity index (χ3n) is 3.32. The summed E-state index contributed by atoms with van der Waals surface area (Å²) in [5, 5.41) is 9.50. The number of aliphatic hydroxyl groups excluding tert-OH is 1. The Morgan fingerprint density at radius 3 is 1.70 bits per heavy atom. The van der Waals surface area contributed by atoms with Gasteiger partial charge in [-0.2, -0.15) is 0 Å². The summed E-state index contributed by atoms with van der Waals surface area (Å²) in [5.41, 5.74) is 2.51. The number of hydrogen-bond donors (Lipinski definition) is 1. The highest BCUT2D eigenvalue weighted by Gasteiger charge is 2.12. The molecule has 2 aromatic rings. The molecule has 0 aromatic heterocycles. The van der Waals surface area contributed by atoms with E-state index in [-0.39, 0.29) is 5.41 Å². The molecule has 0 amide bonds. The van der Waals surface area contributed by atoms with E-state index < -0.39 is 6.10 Å². The molecule has 0 saturated carbocycles. The maximum atomic E-state index is 9.50. The number of hydrogen-bond acceptors (Lipinski definition) is 2. The van der Waals surface area contributed by atoms with E-state index in [0.717, 1.165) is 5.56 Å². The smallest absolute Gasteiger partial charge is 0.0761 e. The van der Waals surface area contributed by atoms with Gasteiger partial charge in [-0.25, -0.2) is 0 Å². The monoisotopic (exact) mass is 286 g/mol. The van der Waals surface area contributed by atoms with Crippen molar-refractivity contribution in [2.45, 2.75) is 49.0 Å². The third-order valence-corrected chi connectivity index (χ3v) is 4.33. The van der Waals surface area contributed by atoms with Crippen molar-refractivity contribution in [1.29, 1.82) is 0 Å². The summed E-state index contributed by atoms with van der Waals surface area (Å²) < 4.78 is 0. The number of rotatable bonds is 3. The van der Waals surface area contributed by atoms with Crippen molar-refractivity contribution in [3.8, 4) is 0 Å². The summed E-state index contributed by atoms with van der Waals surface area (Å²) in [7, 11) is 0. The fourth-order valence-corrected chi connectivity index (χ4v) is 2.79. The Morgan fingerprint density at radius 1 is 0.850 bits per heavy atom. The van der Waals surface area contributed by atoms with E-state index in [0.29, 0.717) is 0 Å². The molecular formula is C18H22OS. The Kier molecular flexibility index (Phi) is 4.56. The van der Waals surface area contributed by atoms with Crippen LogP contribution in [0.4, 0.5) is 0 Å². The van der Waals surface area contributed by atoms with Gasteiger partial charge in [0.05, 0.1) is 6.10 Å². The molecule has 0 heterocycles. The molecule has 0 bridgehead atoms. The number of benzene rings is 2. The van der Waals surface area contributed by atoms with Gasteiger partial charge in [0.2, 0.25) is 0 Å². The predicted molar refractivity (Wildman–Crippen MR) is 86.3 cm³/mol. The van der Waals surface area contributed by atoms with Gasteiger partial charge in [-0.3, -0.25) is 0 Å². The maximum absolute atomic E-state index is 9.50. The summed E-state index contributed by atoms with van der Waals surface area (Å²) in [6, 6.07) is 16.8. The van der Waals surface area contributed by atoms with Gasteiger partial charge in [0.15, 0.2) is 0 Å². The van der Waals surface area contributed by atoms with Gasteiger partial charge < -0.3 is 5.11 Å². The molecule has 2 heteroatoms. The van der Waals surface area contributed by atoms with Crippen LogP contribution in [-0.2, 0) is 5.41 Å². The van der Waals surface area contributed by atoms with Crippen molar-refractivity contribution in [2.24, 2.45) is 0 Å². The lowest BCUT2D eigenvalue weighted by Gasteiger charge is -2.19. The summed E-state index contributed by atoms with van der Waals surface area (Å²) >= 11 is 1.75. The average molecular weight is 286 g/mol. The van der Waals surface area contributed by atoms with Crippen molar-refractivity contribution in [1.82, 2.24) is 0 Å². The van der Waals surface area contributed by atoms with Crippen LogP contribution in [0, 0.1) is 0 Å². The zero-order chi connectivity index (χ0) is 14.8. The van der Waals surface area contributed by atoms with Crippen molar-refractivity contribution < 1.29 is 5.11 Å². The molecule has 1 nitrogen and oxygen atoms in total. The molecule has 1 atom stereocenters. The highest BCUT2D eigenvalue weighted by molar-refractivity contribution is 7.99. The van der Waals surface area contributed by atoms with E-state index in [1.54, 1.807) is 18.7 Å². The Balaban J connectivity index is 2.10. The van der Waals surface area contributed by atoms with Crippen LogP contribution in [-0.4, -0.2) is 5.11 Å². The largest absolute Gasteiger partial charge is 0.389 e. The van der Waals surface area contributed by atoms with Crippen LogP contribution in [0.3, 0.4) is 0 Å². The zero-order valence-corrected chi connectivity index (χ0v) is 13.4. The summed E-state index contributed by atoms with van der Waals surface area (Å²) in [6.45, 7) is 8.46. The topological polar surface area (TPSA) is 20.2 Å². The van der Waals surface area contributed by atoms with Crippen LogP contribution in [0.2, 0.25) is 0 Å². The molecule has 0 fully saturated rings. The van der Waals surface area contributed by atoms with E-state index in [1.165, 1.54) is 15.4 Å². The van der Waals surface area contributed by atoms with Crippen molar-refractivity contribution >= 4 is 11.8 Å². The molecule has 0 aliphatic rings. The van der Waals surface area contributed by atoms with Gasteiger partial charge in [0, 0.05) is 9.79 Å². The van der Waals surface area contributed by atoms with E-state index >= 15 is 0 Å². The van der Waals surface area contributed by atoms with Crippen LogP contribution in [0.5, 0.6) is 0 Å². The van der Waals surface area contributed by atoms with Crippen LogP contribution in [0.1, 0.15) is 44.9 Å². The fraction of sp³-hybridized carbons (Fsp3) is 0.333. The minimum atomic E-state index is -0.403. The fourth-order valence-electron chi connectivity index (χ4n) is 1.97. The average Bonchev–Trinajstić information content (AvgIpc) is 2.39. The van der Waals surface area contributed by atoms with Gasteiger partial charge in [-0.05, 0) is 47.7 Å². The third kappa shape index (κ3) is 3.87. The highest BCUT2D eigenvalue weighted by Crippen LogP contribution is 2.30. The van der Waals surface area contributed by atoms with Crippen LogP contribution in [0.15, 0.2) is 58.3 Å². The molecule has 1 N–H and O–H groups in total. The van der Waals surface area contributed by atoms with Crippen LogP contribution in [0.25, 0.3) is 0 Å². The second-order valence-corrected chi connectivity index (χ2v) is 7.27. The first-order chi connectivity index (χ1) is 9.36. The van der Waals surface area contributed by atoms with Gasteiger partial charge in [0.1, 0.15) is 0 Å². The van der Waals surface area contributed by atoms with Gasteiger partial charge >= 0.3 is 0 Å². The Bertz CT molecular complexity index is 547. The van der Waals surface area contributed by atoms with E-state index in [4.69, 9.17) is 0 Å². The predicted octanol–water partition coefficient (Wildman–Crippen LogP) is 5.19. The first kappa shape index (κ1) is 15.1. The van der Waals surface area contributed by atoms with Crippen LogP contribution < -0.4 is 0 Å². The van der Waals surface area contributed by atoms with Gasteiger partial charge in [0.25, 0.3) is 0 Å². The van der Waals surface area contributed by atoms with Crippen LogP contribution >= 0.6 is 11.8 Å². The number of aliphatic hydroxyl groups is 1. The molecule has 106 valence electrons. The lowest BCUT2D eigenvalue weighted by Crippen LogP contribution is -2.10. The second-order valence-electron chi connectivity index (χ2n) is 6.12. The molecule has 2 rings (SSSR count). The lowest BCUT2D eigenvalue weighted by atomic mass is 9.87. The van der Waals surface area contributed by atoms with E-state index in [2.05, 4.69) is 57.2 Å². The minimum Gasteiger partial charge on any atom is -0.389 e. The Labute approximate surface area is 126 Å².